The standard InChI is InChI=1S/C15H26O11/c1-5(18)2-6-9(19)12(22)14(8(4-17)24-6)26-15-13(23)11(21)10(20)7(3-16)25-15/h6-17,19-23H,2-4H2,1H3/t6-,7?,8?,9?,10-,11-,12+,13?,14-,15-/m0/s1. The van der Waals surface area contributed by atoms with E-state index in [1.807, 2.05) is 0 Å². The first-order valence-electron chi connectivity index (χ1n) is 8.29. The van der Waals surface area contributed by atoms with E-state index in [1.54, 1.807) is 0 Å². The molecule has 2 fully saturated rings. The first kappa shape index (κ1) is 21.6. The molecule has 2 heterocycles. The zero-order valence-electron chi connectivity index (χ0n) is 14.2. The van der Waals surface area contributed by atoms with Gasteiger partial charge in [-0.25, -0.2) is 0 Å². The first-order chi connectivity index (χ1) is 12.2. The van der Waals surface area contributed by atoms with Crippen LogP contribution in [-0.4, -0.2) is 116 Å². The van der Waals surface area contributed by atoms with Gasteiger partial charge in [-0.05, 0) is 6.92 Å². The van der Waals surface area contributed by atoms with Gasteiger partial charge in [0, 0.05) is 6.42 Å². The third kappa shape index (κ3) is 4.39. The molecule has 0 aliphatic carbocycles. The number of ether oxygens (including phenoxy) is 3. The molecule has 7 N–H and O–H groups in total. The molecule has 11 nitrogen and oxygen atoms in total. The smallest absolute Gasteiger partial charge is 0.187 e. The molecule has 11 heteroatoms. The van der Waals surface area contributed by atoms with Crippen molar-refractivity contribution in [2.75, 3.05) is 13.2 Å². The predicted octanol–water partition coefficient (Wildman–Crippen LogP) is -4.37. The van der Waals surface area contributed by atoms with Crippen LogP contribution in [0, 0.1) is 0 Å². The zero-order valence-corrected chi connectivity index (χ0v) is 14.2. The summed E-state index contributed by atoms with van der Waals surface area (Å²) in [5.41, 5.74) is 0. The molecule has 152 valence electrons. The van der Waals surface area contributed by atoms with E-state index < -0.39 is 74.4 Å². The van der Waals surface area contributed by atoms with Gasteiger partial charge in [0.2, 0.25) is 0 Å². The van der Waals surface area contributed by atoms with Crippen LogP contribution in [0.5, 0.6) is 0 Å². The molecular formula is C15H26O11. The maximum absolute atomic E-state index is 11.2. The molecule has 2 aliphatic rings. The molecule has 4 unspecified atom stereocenters. The lowest BCUT2D eigenvalue weighted by molar-refractivity contribution is -0.341. The van der Waals surface area contributed by atoms with Gasteiger partial charge in [0.25, 0.3) is 0 Å². The fraction of sp³-hybridized carbons (Fsp3) is 0.933. The molecule has 2 saturated heterocycles. The first-order valence-corrected chi connectivity index (χ1v) is 8.29. The molecule has 0 aromatic heterocycles. The van der Waals surface area contributed by atoms with Gasteiger partial charge in [-0.3, -0.25) is 4.79 Å². The van der Waals surface area contributed by atoms with E-state index in [0.29, 0.717) is 0 Å². The van der Waals surface area contributed by atoms with Crippen molar-refractivity contribution in [3.63, 3.8) is 0 Å². The van der Waals surface area contributed by atoms with E-state index in [1.165, 1.54) is 6.92 Å². The second kappa shape index (κ2) is 8.97. The van der Waals surface area contributed by atoms with Gasteiger partial charge < -0.3 is 50.0 Å². The topological polar surface area (TPSA) is 186 Å². The number of carbonyl (C=O) groups excluding carboxylic acids is 1. The number of aliphatic hydroxyl groups is 7. The minimum atomic E-state index is -1.72. The fourth-order valence-corrected chi connectivity index (χ4v) is 3.12. The Bertz CT molecular complexity index is 471. The third-order valence-electron chi connectivity index (χ3n) is 4.59. The van der Waals surface area contributed by atoms with Crippen molar-refractivity contribution in [1.29, 1.82) is 0 Å². The van der Waals surface area contributed by atoms with Crippen LogP contribution in [0.25, 0.3) is 0 Å². The lowest BCUT2D eigenvalue weighted by atomic mass is 9.92. The van der Waals surface area contributed by atoms with Gasteiger partial charge in [0.1, 0.15) is 54.6 Å². The molecule has 2 rings (SSSR count). The molecule has 10 atom stereocenters. The number of carbonyl (C=O) groups is 1. The van der Waals surface area contributed by atoms with Crippen molar-refractivity contribution in [3.8, 4) is 0 Å². The number of rotatable bonds is 6. The Balaban J connectivity index is 2.12. The van der Waals surface area contributed by atoms with Gasteiger partial charge in [-0.15, -0.1) is 0 Å². The highest BCUT2D eigenvalue weighted by molar-refractivity contribution is 5.76. The minimum Gasteiger partial charge on any atom is -0.394 e. The number of aliphatic hydroxyl groups excluding tert-OH is 7. The molecule has 2 aliphatic heterocycles. The summed E-state index contributed by atoms with van der Waals surface area (Å²) >= 11 is 0. The highest BCUT2D eigenvalue weighted by Gasteiger charge is 2.50. The highest BCUT2D eigenvalue weighted by Crippen LogP contribution is 2.30. The average molecular weight is 382 g/mol. The molecule has 0 aromatic carbocycles. The van der Waals surface area contributed by atoms with E-state index in [2.05, 4.69) is 0 Å². The van der Waals surface area contributed by atoms with Crippen molar-refractivity contribution >= 4 is 5.78 Å². The minimum absolute atomic E-state index is 0.179. The number of ketones is 1. The van der Waals surface area contributed by atoms with Crippen LogP contribution in [0.3, 0.4) is 0 Å². The van der Waals surface area contributed by atoms with Crippen molar-refractivity contribution in [1.82, 2.24) is 0 Å². The van der Waals surface area contributed by atoms with Gasteiger partial charge in [0.05, 0.1) is 19.3 Å². The SMILES string of the molecule is CC(=O)C[C@@H]1OC(CO)[C@H](O[C@@H]2OC(CO)[C@H](O)[C@H](O)C2O)[C@H](O)C1O. The van der Waals surface area contributed by atoms with Gasteiger partial charge >= 0.3 is 0 Å². The molecule has 0 spiro atoms. The monoisotopic (exact) mass is 382 g/mol. The maximum atomic E-state index is 11.2. The van der Waals surface area contributed by atoms with E-state index in [4.69, 9.17) is 14.2 Å². The summed E-state index contributed by atoms with van der Waals surface area (Å²) in [6, 6.07) is 0. The Morgan fingerprint density at radius 3 is 1.92 bits per heavy atom. The Kier molecular flexibility index (Phi) is 7.44. The zero-order chi connectivity index (χ0) is 19.6. The van der Waals surface area contributed by atoms with Crippen molar-refractivity contribution in [2.24, 2.45) is 0 Å². The average Bonchev–Trinajstić information content (AvgIpc) is 2.60. The van der Waals surface area contributed by atoms with Gasteiger partial charge in [-0.1, -0.05) is 0 Å². The highest BCUT2D eigenvalue weighted by atomic mass is 16.7. The lowest BCUT2D eigenvalue weighted by Gasteiger charge is -2.46. The number of Topliss-reactive ketones (excluding diaryl/α,β-unsaturated/α-hetero) is 1. The Labute approximate surface area is 149 Å². The number of hydrogen-bond acceptors (Lipinski definition) is 11. The lowest BCUT2D eigenvalue weighted by Crippen LogP contribution is -2.64. The summed E-state index contributed by atoms with van der Waals surface area (Å²) in [6.45, 7) is -0.00546. The number of hydrogen-bond donors (Lipinski definition) is 7. The van der Waals surface area contributed by atoms with Gasteiger partial charge in [-0.2, -0.15) is 0 Å². The largest absolute Gasteiger partial charge is 0.394 e. The summed E-state index contributed by atoms with van der Waals surface area (Å²) in [5, 5.41) is 68.6. The second-order valence-electron chi connectivity index (χ2n) is 6.58. The normalized spacial score (nSPS) is 46.9. The van der Waals surface area contributed by atoms with Crippen LogP contribution < -0.4 is 0 Å². The Hall–Kier alpha value is -0.730. The van der Waals surface area contributed by atoms with Crippen LogP contribution in [0.15, 0.2) is 0 Å². The van der Waals surface area contributed by atoms with Crippen LogP contribution in [0.2, 0.25) is 0 Å². The molecule has 0 radical (unpaired) electrons. The third-order valence-corrected chi connectivity index (χ3v) is 4.59. The van der Waals surface area contributed by atoms with Crippen molar-refractivity contribution in [2.45, 2.75) is 74.6 Å². The molecule has 0 bridgehead atoms. The summed E-state index contributed by atoms with van der Waals surface area (Å²) in [6.07, 6.45) is -14.6. The molecular weight excluding hydrogens is 356 g/mol. The van der Waals surface area contributed by atoms with E-state index in [0.717, 1.165) is 0 Å². The van der Waals surface area contributed by atoms with E-state index >= 15 is 0 Å². The van der Waals surface area contributed by atoms with Gasteiger partial charge in [0.15, 0.2) is 6.29 Å². The van der Waals surface area contributed by atoms with Crippen molar-refractivity contribution in [3.05, 3.63) is 0 Å². The van der Waals surface area contributed by atoms with Crippen LogP contribution in [0.4, 0.5) is 0 Å². The van der Waals surface area contributed by atoms with E-state index in [9.17, 15) is 40.5 Å². The summed E-state index contributed by atoms with van der Waals surface area (Å²) in [4.78, 5) is 11.2. The molecule has 0 saturated carbocycles. The van der Waals surface area contributed by atoms with Crippen LogP contribution in [-0.2, 0) is 19.0 Å². The summed E-state index contributed by atoms with van der Waals surface area (Å²) < 4.78 is 16.0. The summed E-state index contributed by atoms with van der Waals surface area (Å²) in [7, 11) is 0. The Morgan fingerprint density at radius 2 is 1.38 bits per heavy atom. The second-order valence-corrected chi connectivity index (χ2v) is 6.58. The quantitative estimate of drug-likeness (QED) is 0.235. The predicted molar refractivity (Wildman–Crippen MR) is 81.7 cm³/mol. The Morgan fingerprint density at radius 1 is 0.808 bits per heavy atom. The molecule has 0 amide bonds. The van der Waals surface area contributed by atoms with Crippen LogP contribution >= 0.6 is 0 Å². The fourth-order valence-electron chi connectivity index (χ4n) is 3.12. The summed E-state index contributed by atoms with van der Waals surface area (Å²) in [5.74, 6) is -0.286. The van der Waals surface area contributed by atoms with E-state index in [-0.39, 0.29) is 12.2 Å². The maximum Gasteiger partial charge on any atom is 0.187 e. The molecule has 26 heavy (non-hydrogen) atoms. The molecule has 0 aromatic rings. The van der Waals surface area contributed by atoms with Crippen LogP contribution in [0.1, 0.15) is 13.3 Å². The van der Waals surface area contributed by atoms with Crippen molar-refractivity contribution < 1.29 is 54.8 Å².